The Labute approximate surface area is 181 Å². The minimum absolute atomic E-state index is 0.681. The molecule has 168 valence electrons. The lowest BCUT2D eigenvalue weighted by molar-refractivity contribution is 0.00644. The molecule has 4 rings (SSSR count). The van der Waals surface area contributed by atoms with Gasteiger partial charge in [-0.25, -0.2) is 0 Å². The van der Waals surface area contributed by atoms with Crippen molar-refractivity contribution < 1.29 is 0 Å². The Morgan fingerprint density at radius 3 is 1.17 bits per heavy atom. The summed E-state index contributed by atoms with van der Waals surface area (Å²) in [5.41, 5.74) is 1.47. The van der Waals surface area contributed by atoms with Gasteiger partial charge in [-0.2, -0.15) is 0 Å². The predicted octanol–water partition coefficient (Wildman–Crippen LogP) is 5.40. The van der Waals surface area contributed by atoms with E-state index in [0.717, 1.165) is 23.5 Å². The normalized spacial score (nSPS) is 30.5. The average molecular weight is 404 g/mol. The summed E-state index contributed by atoms with van der Waals surface area (Å²) in [7, 11) is 0. The molecule has 0 amide bonds. The Morgan fingerprint density at radius 2 is 0.862 bits per heavy atom. The van der Waals surface area contributed by atoms with Gasteiger partial charge in [0.05, 0.1) is 0 Å². The summed E-state index contributed by atoms with van der Waals surface area (Å²) < 4.78 is 0. The number of likely N-dealkylation sites (tertiary alicyclic amines) is 3. The number of hydrogen-bond acceptors (Lipinski definition) is 3. The first kappa shape index (κ1) is 22.1. The lowest BCUT2D eigenvalue weighted by Crippen LogP contribution is -2.50. The standard InChI is InChI=1S/C26H49N3/c1-22(2)27-16-10-26(11-17-27)14-20-29(21-15-26)24(4)7-6-23(3)28-18-12-25(13-19-28)8-5-9-25/h22-24H,5-21H2,1-4H3. The molecule has 0 N–H and O–H groups in total. The molecule has 3 heterocycles. The highest BCUT2D eigenvalue weighted by Crippen LogP contribution is 2.49. The van der Waals surface area contributed by atoms with Gasteiger partial charge in [0.1, 0.15) is 0 Å². The minimum atomic E-state index is 0.681. The van der Waals surface area contributed by atoms with E-state index in [2.05, 4.69) is 42.4 Å². The van der Waals surface area contributed by atoms with Gasteiger partial charge < -0.3 is 14.7 Å². The molecule has 0 aromatic heterocycles. The van der Waals surface area contributed by atoms with Crippen LogP contribution in [0.2, 0.25) is 0 Å². The van der Waals surface area contributed by atoms with Crippen molar-refractivity contribution in [3.05, 3.63) is 0 Å². The van der Waals surface area contributed by atoms with Gasteiger partial charge in [0.25, 0.3) is 0 Å². The van der Waals surface area contributed by atoms with Crippen molar-refractivity contribution >= 4 is 0 Å². The summed E-state index contributed by atoms with van der Waals surface area (Å²) in [5, 5.41) is 0. The Morgan fingerprint density at radius 1 is 0.517 bits per heavy atom. The maximum atomic E-state index is 2.83. The van der Waals surface area contributed by atoms with Gasteiger partial charge >= 0.3 is 0 Å². The predicted molar refractivity (Wildman–Crippen MR) is 124 cm³/mol. The van der Waals surface area contributed by atoms with E-state index >= 15 is 0 Å². The Kier molecular flexibility index (Phi) is 6.98. The van der Waals surface area contributed by atoms with Crippen molar-refractivity contribution in [3.63, 3.8) is 0 Å². The van der Waals surface area contributed by atoms with Gasteiger partial charge in [-0.05, 0) is 142 Å². The zero-order valence-electron chi connectivity index (χ0n) is 20.1. The SMILES string of the molecule is CC(C)N1CCC2(CC1)CCN(C(C)CCC(C)N1CCC3(CCC3)CC1)CC2. The maximum absolute atomic E-state index is 2.83. The van der Waals surface area contributed by atoms with Crippen molar-refractivity contribution in [2.45, 2.75) is 116 Å². The first-order valence-corrected chi connectivity index (χ1v) is 13.1. The van der Waals surface area contributed by atoms with E-state index < -0.39 is 0 Å². The monoisotopic (exact) mass is 403 g/mol. The van der Waals surface area contributed by atoms with Gasteiger partial charge in [-0.3, -0.25) is 0 Å². The number of rotatable bonds is 6. The van der Waals surface area contributed by atoms with Crippen LogP contribution < -0.4 is 0 Å². The molecule has 2 spiro atoms. The summed E-state index contributed by atoms with van der Waals surface area (Å²) in [5.74, 6) is 0. The van der Waals surface area contributed by atoms with Crippen molar-refractivity contribution in [2.75, 3.05) is 39.3 Å². The molecular formula is C26H49N3. The molecule has 0 bridgehead atoms. The maximum Gasteiger partial charge on any atom is 0.00675 e. The molecule has 3 heteroatoms. The van der Waals surface area contributed by atoms with Crippen molar-refractivity contribution in [1.82, 2.24) is 14.7 Å². The van der Waals surface area contributed by atoms with Gasteiger partial charge in [-0.15, -0.1) is 0 Å². The molecular weight excluding hydrogens is 354 g/mol. The lowest BCUT2D eigenvalue weighted by Gasteiger charge is -2.50. The zero-order chi connectivity index (χ0) is 20.5. The van der Waals surface area contributed by atoms with Crippen LogP contribution in [0.5, 0.6) is 0 Å². The van der Waals surface area contributed by atoms with E-state index in [1.807, 2.05) is 0 Å². The van der Waals surface area contributed by atoms with Crippen LogP contribution in [0.3, 0.4) is 0 Å². The number of nitrogens with zero attached hydrogens (tertiary/aromatic N) is 3. The molecule has 3 saturated heterocycles. The summed E-state index contributed by atoms with van der Waals surface area (Å²) in [6.07, 6.45) is 16.1. The average Bonchev–Trinajstić information content (AvgIpc) is 2.71. The van der Waals surface area contributed by atoms with Crippen LogP contribution >= 0.6 is 0 Å². The van der Waals surface area contributed by atoms with Crippen LogP contribution in [0.1, 0.15) is 98.3 Å². The van der Waals surface area contributed by atoms with Crippen molar-refractivity contribution in [2.24, 2.45) is 10.8 Å². The largest absolute Gasteiger partial charge is 0.301 e. The number of piperidine rings is 3. The summed E-state index contributed by atoms with van der Waals surface area (Å²) in [4.78, 5) is 8.32. The highest BCUT2D eigenvalue weighted by atomic mass is 15.2. The van der Waals surface area contributed by atoms with E-state index in [-0.39, 0.29) is 0 Å². The van der Waals surface area contributed by atoms with Crippen LogP contribution in [0, 0.1) is 10.8 Å². The van der Waals surface area contributed by atoms with Crippen LogP contribution in [0.25, 0.3) is 0 Å². The van der Waals surface area contributed by atoms with Crippen molar-refractivity contribution in [1.29, 1.82) is 0 Å². The van der Waals surface area contributed by atoms with Crippen LogP contribution in [-0.4, -0.2) is 72.1 Å². The molecule has 0 radical (unpaired) electrons. The van der Waals surface area contributed by atoms with E-state index in [9.17, 15) is 0 Å². The smallest absolute Gasteiger partial charge is 0.00675 e. The van der Waals surface area contributed by atoms with Gasteiger partial charge in [0, 0.05) is 18.1 Å². The zero-order valence-corrected chi connectivity index (χ0v) is 20.1. The van der Waals surface area contributed by atoms with Crippen LogP contribution in [0.15, 0.2) is 0 Å². The van der Waals surface area contributed by atoms with E-state index in [1.165, 1.54) is 110 Å². The van der Waals surface area contributed by atoms with Gasteiger partial charge in [0.2, 0.25) is 0 Å². The fraction of sp³-hybridized carbons (Fsp3) is 1.00. The molecule has 0 aromatic carbocycles. The molecule has 4 aliphatic rings. The molecule has 1 saturated carbocycles. The molecule has 3 nitrogen and oxygen atoms in total. The molecule has 29 heavy (non-hydrogen) atoms. The Bertz CT molecular complexity index is 498. The first-order chi connectivity index (χ1) is 13.9. The third kappa shape index (κ3) is 5.04. The minimum Gasteiger partial charge on any atom is -0.301 e. The highest BCUT2D eigenvalue weighted by molar-refractivity contribution is 4.94. The van der Waals surface area contributed by atoms with E-state index in [0.29, 0.717) is 5.41 Å². The highest BCUT2D eigenvalue weighted by Gasteiger charge is 2.41. The first-order valence-electron chi connectivity index (χ1n) is 13.1. The summed E-state index contributed by atoms with van der Waals surface area (Å²) in [6.45, 7) is 17.8. The third-order valence-electron chi connectivity index (χ3n) is 9.97. The topological polar surface area (TPSA) is 9.72 Å². The van der Waals surface area contributed by atoms with Gasteiger partial charge in [-0.1, -0.05) is 6.42 Å². The second kappa shape index (κ2) is 9.17. The van der Waals surface area contributed by atoms with Gasteiger partial charge in [0.15, 0.2) is 0 Å². The molecule has 3 aliphatic heterocycles. The van der Waals surface area contributed by atoms with E-state index in [4.69, 9.17) is 0 Å². The molecule has 1 aliphatic carbocycles. The van der Waals surface area contributed by atoms with Crippen molar-refractivity contribution in [3.8, 4) is 0 Å². The van der Waals surface area contributed by atoms with Crippen LogP contribution in [0.4, 0.5) is 0 Å². The van der Waals surface area contributed by atoms with Crippen LogP contribution in [-0.2, 0) is 0 Å². The van der Waals surface area contributed by atoms with E-state index in [1.54, 1.807) is 0 Å². The number of hydrogen-bond donors (Lipinski definition) is 0. The second-order valence-corrected chi connectivity index (χ2v) is 11.8. The molecule has 0 aromatic rings. The molecule has 2 unspecified atom stereocenters. The quantitative estimate of drug-likeness (QED) is 0.588. The summed E-state index contributed by atoms with van der Waals surface area (Å²) in [6, 6.07) is 2.29. The fourth-order valence-corrected chi connectivity index (χ4v) is 6.92. The lowest BCUT2D eigenvalue weighted by atomic mass is 9.63. The Hall–Kier alpha value is -0.120. The fourth-order valence-electron chi connectivity index (χ4n) is 6.92. The summed E-state index contributed by atoms with van der Waals surface area (Å²) >= 11 is 0. The molecule has 4 fully saturated rings. The Balaban J connectivity index is 1.15. The second-order valence-electron chi connectivity index (χ2n) is 11.8. The molecule has 2 atom stereocenters. The third-order valence-corrected chi connectivity index (χ3v) is 9.97.